The molecule has 5 heteroatoms. The molecule has 1 aliphatic rings. The van der Waals surface area contributed by atoms with E-state index in [2.05, 4.69) is 36.3 Å². The summed E-state index contributed by atoms with van der Waals surface area (Å²) in [5.41, 5.74) is 0. The molecule has 1 aliphatic heterocycles. The summed E-state index contributed by atoms with van der Waals surface area (Å²) in [6.07, 6.45) is 6.36. The molecule has 1 heterocycles. The summed E-state index contributed by atoms with van der Waals surface area (Å²) in [6, 6.07) is 0. The van der Waals surface area contributed by atoms with Crippen LogP contribution in [0, 0.1) is 5.92 Å². The van der Waals surface area contributed by atoms with E-state index in [1.165, 1.54) is 51.7 Å². The Hall–Kier alpha value is -0.0400. The third kappa shape index (κ3) is 9.55. The van der Waals surface area contributed by atoms with Gasteiger partial charge in [0.15, 0.2) is 5.96 Å². The molecule has 0 saturated carbocycles. The molecule has 1 fully saturated rings. The van der Waals surface area contributed by atoms with Gasteiger partial charge in [0.2, 0.25) is 0 Å². The van der Waals surface area contributed by atoms with Gasteiger partial charge in [-0.3, -0.25) is 4.99 Å². The smallest absolute Gasteiger partial charge is 0.191 e. The number of aliphatic imine (C=N–C) groups is 1. The standard InChI is InChI=1S/C16H34N4.HI/c1-4-7-8-10-18-16(17-6-3)19-13-15-9-12-20(14-15)11-5-2;/h15H,4-14H2,1-3H3,(H2,17,18,19);1H. The molecule has 0 amide bonds. The highest BCUT2D eigenvalue weighted by molar-refractivity contribution is 14.0. The molecule has 1 atom stereocenters. The van der Waals surface area contributed by atoms with Crippen LogP contribution < -0.4 is 10.6 Å². The van der Waals surface area contributed by atoms with Crippen molar-refractivity contribution in [1.29, 1.82) is 0 Å². The molecule has 0 bridgehead atoms. The Morgan fingerprint density at radius 3 is 2.62 bits per heavy atom. The largest absolute Gasteiger partial charge is 0.357 e. The molecule has 1 saturated heterocycles. The van der Waals surface area contributed by atoms with Gasteiger partial charge in [-0.05, 0) is 45.2 Å². The number of hydrogen-bond donors (Lipinski definition) is 2. The summed E-state index contributed by atoms with van der Waals surface area (Å²) in [5, 5.41) is 6.79. The zero-order valence-electron chi connectivity index (χ0n) is 14.2. The van der Waals surface area contributed by atoms with E-state index in [1.54, 1.807) is 0 Å². The normalized spacial score (nSPS) is 19.4. The number of guanidine groups is 1. The Balaban J connectivity index is 0.00000400. The number of nitrogens with one attached hydrogen (secondary N) is 2. The molecular weight excluding hydrogens is 375 g/mol. The maximum Gasteiger partial charge on any atom is 0.191 e. The highest BCUT2D eigenvalue weighted by Crippen LogP contribution is 2.16. The molecule has 0 aromatic heterocycles. The molecule has 1 rings (SSSR count). The molecule has 0 aromatic rings. The van der Waals surface area contributed by atoms with Crippen LogP contribution in [0.4, 0.5) is 0 Å². The molecule has 1 unspecified atom stereocenters. The van der Waals surface area contributed by atoms with Gasteiger partial charge in [-0.15, -0.1) is 24.0 Å². The Bertz CT molecular complexity index is 271. The van der Waals surface area contributed by atoms with Gasteiger partial charge in [0.05, 0.1) is 0 Å². The second-order valence-corrected chi connectivity index (χ2v) is 5.81. The van der Waals surface area contributed by atoms with Crippen LogP contribution in [0.3, 0.4) is 0 Å². The Labute approximate surface area is 148 Å². The molecule has 0 aliphatic carbocycles. The molecule has 0 radical (unpaired) electrons. The minimum atomic E-state index is 0. The molecule has 0 aromatic carbocycles. The Kier molecular flexibility index (Phi) is 13.6. The van der Waals surface area contributed by atoms with E-state index >= 15 is 0 Å². The molecule has 4 nitrogen and oxygen atoms in total. The summed E-state index contributed by atoms with van der Waals surface area (Å²) < 4.78 is 0. The Morgan fingerprint density at radius 1 is 1.14 bits per heavy atom. The summed E-state index contributed by atoms with van der Waals surface area (Å²) in [4.78, 5) is 7.33. The number of unbranched alkanes of at least 4 members (excludes halogenated alkanes) is 2. The first-order valence-corrected chi connectivity index (χ1v) is 8.54. The summed E-state index contributed by atoms with van der Waals surface area (Å²) >= 11 is 0. The summed E-state index contributed by atoms with van der Waals surface area (Å²) in [6.45, 7) is 13.3. The van der Waals surface area contributed by atoms with Crippen LogP contribution in [0.2, 0.25) is 0 Å². The fourth-order valence-electron chi connectivity index (χ4n) is 2.73. The minimum absolute atomic E-state index is 0. The van der Waals surface area contributed by atoms with E-state index in [9.17, 15) is 0 Å². The first kappa shape index (κ1) is 21.0. The average Bonchev–Trinajstić information content (AvgIpc) is 2.89. The summed E-state index contributed by atoms with van der Waals surface area (Å²) in [5.74, 6) is 1.74. The van der Waals surface area contributed by atoms with E-state index in [1.807, 2.05) is 0 Å². The highest BCUT2D eigenvalue weighted by atomic mass is 127. The topological polar surface area (TPSA) is 39.7 Å². The lowest BCUT2D eigenvalue weighted by atomic mass is 10.1. The van der Waals surface area contributed by atoms with Gasteiger partial charge in [0, 0.05) is 26.2 Å². The van der Waals surface area contributed by atoms with Crippen LogP contribution in [-0.4, -0.2) is 50.1 Å². The van der Waals surface area contributed by atoms with Crippen LogP contribution in [-0.2, 0) is 0 Å². The van der Waals surface area contributed by atoms with Gasteiger partial charge < -0.3 is 15.5 Å². The van der Waals surface area contributed by atoms with Crippen molar-refractivity contribution < 1.29 is 0 Å². The van der Waals surface area contributed by atoms with Gasteiger partial charge in [-0.25, -0.2) is 0 Å². The molecule has 2 N–H and O–H groups in total. The van der Waals surface area contributed by atoms with Gasteiger partial charge in [0.25, 0.3) is 0 Å². The van der Waals surface area contributed by atoms with Gasteiger partial charge in [-0.1, -0.05) is 26.7 Å². The molecule has 21 heavy (non-hydrogen) atoms. The van der Waals surface area contributed by atoms with Crippen LogP contribution >= 0.6 is 24.0 Å². The monoisotopic (exact) mass is 410 g/mol. The van der Waals surface area contributed by atoms with Gasteiger partial charge in [-0.2, -0.15) is 0 Å². The highest BCUT2D eigenvalue weighted by Gasteiger charge is 2.21. The quantitative estimate of drug-likeness (QED) is 0.266. The lowest BCUT2D eigenvalue weighted by Gasteiger charge is -2.15. The predicted octanol–water partition coefficient (Wildman–Crippen LogP) is 3.08. The van der Waals surface area contributed by atoms with Crippen LogP contribution in [0.15, 0.2) is 4.99 Å². The van der Waals surface area contributed by atoms with Crippen molar-refractivity contribution in [1.82, 2.24) is 15.5 Å². The molecule has 0 spiro atoms. The number of rotatable bonds is 9. The van der Waals surface area contributed by atoms with Crippen LogP contribution in [0.1, 0.15) is 52.9 Å². The van der Waals surface area contributed by atoms with Gasteiger partial charge in [0.1, 0.15) is 0 Å². The maximum atomic E-state index is 4.76. The summed E-state index contributed by atoms with van der Waals surface area (Å²) in [7, 11) is 0. The van der Waals surface area contributed by atoms with Gasteiger partial charge >= 0.3 is 0 Å². The first-order valence-electron chi connectivity index (χ1n) is 8.54. The van der Waals surface area contributed by atoms with Crippen molar-refractivity contribution in [3.05, 3.63) is 0 Å². The third-order valence-corrected chi connectivity index (χ3v) is 3.83. The van der Waals surface area contributed by atoms with E-state index in [-0.39, 0.29) is 24.0 Å². The maximum absolute atomic E-state index is 4.76. The molecular formula is C16H35IN4. The predicted molar refractivity (Wildman–Crippen MR) is 104 cm³/mol. The third-order valence-electron chi connectivity index (χ3n) is 3.83. The minimum Gasteiger partial charge on any atom is -0.357 e. The second kappa shape index (κ2) is 13.6. The lowest BCUT2D eigenvalue weighted by Crippen LogP contribution is -2.38. The van der Waals surface area contributed by atoms with Crippen LogP contribution in [0.25, 0.3) is 0 Å². The number of nitrogens with zero attached hydrogens (tertiary/aromatic N) is 2. The van der Waals surface area contributed by atoms with Crippen molar-refractivity contribution >= 4 is 29.9 Å². The number of hydrogen-bond acceptors (Lipinski definition) is 2. The van der Waals surface area contributed by atoms with Crippen molar-refractivity contribution in [2.45, 2.75) is 52.9 Å². The van der Waals surface area contributed by atoms with Crippen LogP contribution in [0.5, 0.6) is 0 Å². The average molecular weight is 410 g/mol. The van der Waals surface area contributed by atoms with E-state index in [0.717, 1.165) is 31.5 Å². The van der Waals surface area contributed by atoms with Crippen molar-refractivity contribution in [3.8, 4) is 0 Å². The van der Waals surface area contributed by atoms with E-state index in [4.69, 9.17) is 4.99 Å². The van der Waals surface area contributed by atoms with E-state index in [0.29, 0.717) is 0 Å². The second-order valence-electron chi connectivity index (χ2n) is 5.81. The zero-order chi connectivity index (χ0) is 14.6. The van der Waals surface area contributed by atoms with Crippen molar-refractivity contribution in [3.63, 3.8) is 0 Å². The van der Waals surface area contributed by atoms with Crippen molar-refractivity contribution in [2.75, 3.05) is 39.3 Å². The van der Waals surface area contributed by atoms with Crippen molar-refractivity contribution in [2.24, 2.45) is 10.9 Å². The Morgan fingerprint density at radius 2 is 1.95 bits per heavy atom. The number of halogens is 1. The van der Waals surface area contributed by atoms with E-state index < -0.39 is 0 Å². The SMILES string of the molecule is CCCCCNC(=NCC1CCN(CCC)C1)NCC.I. The molecule has 126 valence electrons. The fourth-order valence-corrected chi connectivity index (χ4v) is 2.73. The number of likely N-dealkylation sites (tertiary alicyclic amines) is 1. The zero-order valence-corrected chi connectivity index (χ0v) is 16.5. The lowest BCUT2D eigenvalue weighted by molar-refractivity contribution is 0.326. The fraction of sp³-hybridized carbons (Fsp3) is 0.938. The first-order chi connectivity index (χ1) is 9.80.